The molecule has 0 unspecified atom stereocenters. The van der Waals surface area contributed by atoms with Crippen LogP contribution in [0.4, 0.5) is 5.69 Å². The Morgan fingerprint density at radius 3 is 2.12 bits per heavy atom. The van der Waals surface area contributed by atoms with Gasteiger partial charge in [-0.2, -0.15) is 0 Å². The molecule has 1 N–H and O–H groups in total. The average molecular weight is 357 g/mol. The number of methoxy groups -OCH3 is 2. The molecule has 6 heteroatoms. The molecule has 0 heterocycles. The Labute approximate surface area is 153 Å². The first-order valence-corrected chi connectivity index (χ1v) is 8.35. The number of ether oxygens (including phenoxy) is 3. The van der Waals surface area contributed by atoms with Crippen LogP contribution in [0.15, 0.2) is 42.5 Å². The zero-order valence-electron chi connectivity index (χ0n) is 15.2. The summed E-state index contributed by atoms with van der Waals surface area (Å²) in [6.07, 6.45) is 1.68. The highest BCUT2D eigenvalue weighted by Crippen LogP contribution is 2.28. The third-order valence-electron chi connectivity index (χ3n) is 3.82. The quantitative estimate of drug-likeness (QED) is 0.609. The standard InChI is InChI=1S/C20H23NO5/c1-4-26-20(23)19(22)21-16-10-7-14(8-11-16)5-6-15-9-12-17(24-2)18(13-15)25-3/h7-13H,4-6H2,1-3H3,(H,21,22). The molecule has 0 fully saturated rings. The molecule has 26 heavy (non-hydrogen) atoms. The maximum absolute atomic E-state index is 11.6. The Morgan fingerprint density at radius 1 is 0.885 bits per heavy atom. The van der Waals surface area contributed by atoms with Crippen molar-refractivity contribution in [2.45, 2.75) is 19.8 Å². The van der Waals surface area contributed by atoms with Crippen LogP contribution < -0.4 is 14.8 Å². The molecule has 0 spiro atoms. The lowest BCUT2D eigenvalue weighted by Crippen LogP contribution is -2.24. The van der Waals surface area contributed by atoms with Crippen LogP contribution in [0, 0.1) is 0 Å². The number of amides is 1. The van der Waals surface area contributed by atoms with Gasteiger partial charge in [0.1, 0.15) is 0 Å². The van der Waals surface area contributed by atoms with E-state index in [1.165, 1.54) is 0 Å². The second-order valence-electron chi connectivity index (χ2n) is 5.56. The number of aryl methyl sites for hydroxylation is 2. The molecule has 0 aliphatic heterocycles. The highest BCUT2D eigenvalue weighted by molar-refractivity contribution is 6.37. The molecule has 0 aliphatic carbocycles. The smallest absolute Gasteiger partial charge is 0.397 e. The zero-order chi connectivity index (χ0) is 18.9. The average Bonchev–Trinajstić information content (AvgIpc) is 2.67. The number of carbonyl (C=O) groups excluding carboxylic acids is 2. The number of hydrogen-bond donors (Lipinski definition) is 1. The minimum absolute atomic E-state index is 0.168. The van der Waals surface area contributed by atoms with Crippen molar-refractivity contribution in [1.29, 1.82) is 0 Å². The Kier molecular flexibility index (Phi) is 7.02. The van der Waals surface area contributed by atoms with Crippen molar-refractivity contribution < 1.29 is 23.8 Å². The molecule has 1 amide bonds. The first-order valence-electron chi connectivity index (χ1n) is 8.35. The predicted molar refractivity (Wildman–Crippen MR) is 98.7 cm³/mol. The van der Waals surface area contributed by atoms with Gasteiger partial charge in [-0.05, 0) is 55.2 Å². The summed E-state index contributed by atoms with van der Waals surface area (Å²) in [4.78, 5) is 22.9. The van der Waals surface area contributed by atoms with Gasteiger partial charge in [0.2, 0.25) is 0 Å². The van der Waals surface area contributed by atoms with E-state index < -0.39 is 11.9 Å². The normalized spacial score (nSPS) is 10.1. The molecule has 6 nitrogen and oxygen atoms in total. The zero-order valence-corrected chi connectivity index (χ0v) is 15.2. The third kappa shape index (κ3) is 5.24. The van der Waals surface area contributed by atoms with Crippen molar-refractivity contribution in [3.63, 3.8) is 0 Å². The highest BCUT2D eigenvalue weighted by Gasteiger charge is 2.14. The molecule has 0 atom stereocenters. The van der Waals surface area contributed by atoms with Crippen molar-refractivity contribution in [1.82, 2.24) is 0 Å². The molecule has 0 aliphatic rings. The summed E-state index contributed by atoms with van der Waals surface area (Å²) in [5.41, 5.74) is 2.81. The fourth-order valence-corrected chi connectivity index (χ4v) is 2.46. The van der Waals surface area contributed by atoms with E-state index in [0.29, 0.717) is 17.2 Å². The summed E-state index contributed by atoms with van der Waals surface area (Å²) in [5.74, 6) is -0.241. The van der Waals surface area contributed by atoms with E-state index in [0.717, 1.165) is 24.0 Å². The van der Waals surface area contributed by atoms with Crippen LogP contribution in [0.1, 0.15) is 18.1 Å². The molecule has 2 rings (SSSR count). The van der Waals surface area contributed by atoms with E-state index in [2.05, 4.69) is 10.1 Å². The fourth-order valence-electron chi connectivity index (χ4n) is 2.46. The van der Waals surface area contributed by atoms with Crippen molar-refractivity contribution in [2.75, 3.05) is 26.1 Å². The van der Waals surface area contributed by atoms with Crippen LogP contribution in [0.2, 0.25) is 0 Å². The minimum atomic E-state index is -0.884. The number of rotatable bonds is 7. The van der Waals surface area contributed by atoms with E-state index in [1.54, 1.807) is 33.3 Å². The summed E-state index contributed by atoms with van der Waals surface area (Å²) in [5, 5.41) is 2.51. The monoisotopic (exact) mass is 357 g/mol. The van der Waals surface area contributed by atoms with Crippen molar-refractivity contribution >= 4 is 17.6 Å². The lowest BCUT2D eigenvalue weighted by molar-refractivity contribution is -0.152. The van der Waals surface area contributed by atoms with Gasteiger partial charge < -0.3 is 19.5 Å². The number of benzene rings is 2. The van der Waals surface area contributed by atoms with Gasteiger partial charge >= 0.3 is 11.9 Å². The van der Waals surface area contributed by atoms with Crippen LogP contribution in [0.25, 0.3) is 0 Å². The summed E-state index contributed by atoms with van der Waals surface area (Å²) < 4.78 is 15.2. The van der Waals surface area contributed by atoms with Gasteiger partial charge in [0.15, 0.2) is 11.5 Å². The first-order chi connectivity index (χ1) is 12.6. The van der Waals surface area contributed by atoms with E-state index in [-0.39, 0.29) is 6.61 Å². The molecule has 0 aromatic heterocycles. The second-order valence-corrected chi connectivity index (χ2v) is 5.56. The van der Waals surface area contributed by atoms with Gasteiger partial charge in [-0.15, -0.1) is 0 Å². The Hall–Kier alpha value is -3.02. The van der Waals surface area contributed by atoms with Crippen molar-refractivity contribution in [3.8, 4) is 11.5 Å². The number of hydrogen-bond acceptors (Lipinski definition) is 5. The van der Waals surface area contributed by atoms with Crippen molar-refractivity contribution in [3.05, 3.63) is 53.6 Å². The fraction of sp³-hybridized carbons (Fsp3) is 0.300. The van der Waals surface area contributed by atoms with E-state index >= 15 is 0 Å². The Balaban J connectivity index is 1.93. The largest absolute Gasteiger partial charge is 0.493 e. The number of anilines is 1. The number of carbonyl (C=O) groups is 2. The van der Waals surface area contributed by atoms with Crippen molar-refractivity contribution in [2.24, 2.45) is 0 Å². The van der Waals surface area contributed by atoms with Gasteiger partial charge in [-0.1, -0.05) is 18.2 Å². The SMILES string of the molecule is CCOC(=O)C(=O)Nc1ccc(CCc2ccc(OC)c(OC)c2)cc1. The highest BCUT2D eigenvalue weighted by atomic mass is 16.5. The maximum Gasteiger partial charge on any atom is 0.397 e. The number of nitrogens with one attached hydrogen (secondary N) is 1. The summed E-state index contributed by atoms with van der Waals surface area (Å²) in [7, 11) is 3.23. The molecule has 0 radical (unpaired) electrons. The Morgan fingerprint density at radius 2 is 1.50 bits per heavy atom. The minimum Gasteiger partial charge on any atom is -0.493 e. The molecule has 138 valence electrons. The summed E-state index contributed by atoms with van der Waals surface area (Å²) in [6, 6.07) is 13.2. The van der Waals surface area contributed by atoms with Gasteiger partial charge in [0.25, 0.3) is 0 Å². The second kappa shape index (κ2) is 9.46. The van der Waals surface area contributed by atoms with E-state index in [9.17, 15) is 9.59 Å². The van der Waals surface area contributed by atoms with Gasteiger partial charge in [0.05, 0.1) is 20.8 Å². The van der Waals surface area contributed by atoms with Gasteiger partial charge in [0, 0.05) is 5.69 Å². The van der Waals surface area contributed by atoms with Crippen LogP contribution in [0.3, 0.4) is 0 Å². The maximum atomic E-state index is 11.6. The third-order valence-corrected chi connectivity index (χ3v) is 3.82. The molecule has 0 bridgehead atoms. The molecule has 2 aromatic carbocycles. The van der Waals surface area contributed by atoms with Crippen LogP contribution >= 0.6 is 0 Å². The summed E-state index contributed by atoms with van der Waals surface area (Å²) in [6.45, 7) is 1.82. The number of esters is 1. The lowest BCUT2D eigenvalue weighted by atomic mass is 10.0. The van der Waals surface area contributed by atoms with Crippen LogP contribution in [-0.4, -0.2) is 32.7 Å². The summed E-state index contributed by atoms with van der Waals surface area (Å²) >= 11 is 0. The molecule has 0 saturated carbocycles. The first kappa shape index (κ1) is 19.3. The van der Waals surface area contributed by atoms with Gasteiger partial charge in [-0.3, -0.25) is 4.79 Å². The van der Waals surface area contributed by atoms with E-state index in [1.807, 2.05) is 30.3 Å². The Bertz CT molecular complexity index is 755. The van der Waals surface area contributed by atoms with Gasteiger partial charge in [-0.25, -0.2) is 4.79 Å². The molecular formula is C20H23NO5. The molecule has 2 aromatic rings. The lowest BCUT2D eigenvalue weighted by Gasteiger charge is -2.10. The topological polar surface area (TPSA) is 73.9 Å². The van der Waals surface area contributed by atoms with Crippen LogP contribution in [0.5, 0.6) is 11.5 Å². The molecule has 0 saturated heterocycles. The predicted octanol–water partition coefficient (Wildman–Crippen LogP) is 2.99. The molecular weight excluding hydrogens is 334 g/mol. The van der Waals surface area contributed by atoms with Crippen LogP contribution in [-0.2, 0) is 27.2 Å². The van der Waals surface area contributed by atoms with E-state index in [4.69, 9.17) is 9.47 Å².